The molecule has 1 aliphatic heterocycles. The third-order valence-corrected chi connectivity index (χ3v) is 3.92. The van der Waals surface area contributed by atoms with Gasteiger partial charge in [-0.3, -0.25) is 0 Å². The van der Waals surface area contributed by atoms with E-state index in [0.717, 1.165) is 38.5 Å². The fraction of sp³-hybridized carbons (Fsp3) is 0.929. The molecule has 0 aromatic rings. The predicted octanol–water partition coefficient (Wildman–Crippen LogP) is 1.15. The normalized spacial score (nSPS) is 24.2. The molecule has 1 atom stereocenters. The third kappa shape index (κ3) is 5.37. The van der Waals surface area contributed by atoms with Crippen molar-refractivity contribution in [1.82, 2.24) is 15.1 Å². The van der Waals surface area contributed by atoms with Crippen molar-refractivity contribution >= 4 is 6.03 Å². The van der Waals surface area contributed by atoms with Crippen LogP contribution in [0, 0.1) is 5.92 Å². The number of ether oxygens (including phenoxy) is 1. The van der Waals surface area contributed by atoms with E-state index in [-0.39, 0.29) is 6.03 Å². The minimum Gasteiger partial charge on any atom is -0.379 e. The topological polar surface area (TPSA) is 44.8 Å². The summed E-state index contributed by atoms with van der Waals surface area (Å²) in [6, 6.07) is 0.316. The first-order valence-electron chi connectivity index (χ1n) is 7.43. The quantitative estimate of drug-likeness (QED) is 0.736. The molecule has 2 fully saturated rings. The Kier molecular flexibility index (Phi) is 5.45. The molecule has 1 unspecified atom stereocenters. The van der Waals surface area contributed by atoms with Gasteiger partial charge in [-0.2, -0.15) is 0 Å². The van der Waals surface area contributed by atoms with Crippen molar-refractivity contribution in [3.63, 3.8) is 0 Å². The van der Waals surface area contributed by atoms with E-state index in [9.17, 15) is 4.79 Å². The van der Waals surface area contributed by atoms with Crippen LogP contribution in [0.2, 0.25) is 0 Å². The lowest BCUT2D eigenvalue weighted by atomic mass is 10.1. The van der Waals surface area contributed by atoms with Crippen molar-refractivity contribution in [2.75, 3.05) is 46.9 Å². The van der Waals surface area contributed by atoms with E-state index >= 15 is 0 Å². The second kappa shape index (κ2) is 7.10. The summed E-state index contributed by atoms with van der Waals surface area (Å²) in [5, 5.41) is 3.10. The van der Waals surface area contributed by atoms with Crippen molar-refractivity contribution in [2.45, 2.75) is 31.7 Å². The molecule has 2 amide bonds. The molecule has 1 N–H and O–H groups in total. The summed E-state index contributed by atoms with van der Waals surface area (Å²) < 4.78 is 5.56. The van der Waals surface area contributed by atoms with Crippen LogP contribution in [0.5, 0.6) is 0 Å². The number of carbonyl (C=O) groups is 1. The Morgan fingerprint density at radius 1 is 1.42 bits per heavy atom. The van der Waals surface area contributed by atoms with Crippen LogP contribution in [0.15, 0.2) is 0 Å². The van der Waals surface area contributed by atoms with Gasteiger partial charge in [0.05, 0.1) is 6.61 Å². The Labute approximate surface area is 116 Å². The molecule has 5 nitrogen and oxygen atoms in total. The molecule has 1 heterocycles. The van der Waals surface area contributed by atoms with Crippen LogP contribution in [0.4, 0.5) is 4.79 Å². The number of nitrogens with one attached hydrogen (secondary N) is 1. The zero-order valence-electron chi connectivity index (χ0n) is 12.2. The number of rotatable bonds is 6. The number of piperidine rings is 1. The Morgan fingerprint density at radius 2 is 2.21 bits per heavy atom. The molecule has 0 radical (unpaired) electrons. The molecule has 0 aromatic heterocycles. The van der Waals surface area contributed by atoms with Gasteiger partial charge < -0.3 is 19.9 Å². The number of hydrogen-bond acceptors (Lipinski definition) is 3. The van der Waals surface area contributed by atoms with Crippen LogP contribution in [0.1, 0.15) is 25.7 Å². The highest BCUT2D eigenvalue weighted by atomic mass is 16.5. The molecule has 0 spiro atoms. The summed E-state index contributed by atoms with van der Waals surface area (Å²) in [5.41, 5.74) is 0. The molecule has 0 aromatic carbocycles. The van der Waals surface area contributed by atoms with Crippen LogP contribution in [0.25, 0.3) is 0 Å². The first kappa shape index (κ1) is 14.6. The lowest BCUT2D eigenvalue weighted by Gasteiger charge is -2.31. The lowest BCUT2D eigenvalue weighted by molar-refractivity contribution is 0.106. The maximum atomic E-state index is 12.0. The van der Waals surface area contributed by atoms with Crippen LogP contribution in [-0.2, 0) is 4.74 Å². The van der Waals surface area contributed by atoms with Gasteiger partial charge in [0.15, 0.2) is 0 Å². The summed E-state index contributed by atoms with van der Waals surface area (Å²) in [6.45, 7) is 4.27. The monoisotopic (exact) mass is 269 g/mol. The van der Waals surface area contributed by atoms with E-state index in [2.05, 4.69) is 17.3 Å². The summed E-state index contributed by atoms with van der Waals surface area (Å²) >= 11 is 0. The maximum absolute atomic E-state index is 12.0. The molecule has 1 aliphatic carbocycles. The van der Waals surface area contributed by atoms with Crippen LogP contribution in [0.3, 0.4) is 0 Å². The number of nitrogens with zero attached hydrogens (tertiary/aromatic N) is 2. The van der Waals surface area contributed by atoms with Crippen molar-refractivity contribution < 1.29 is 9.53 Å². The van der Waals surface area contributed by atoms with Crippen molar-refractivity contribution in [2.24, 2.45) is 5.92 Å². The molecule has 19 heavy (non-hydrogen) atoms. The number of hydrogen-bond donors (Lipinski definition) is 1. The summed E-state index contributed by atoms with van der Waals surface area (Å²) in [5.74, 6) is 0.789. The maximum Gasteiger partial charge on any atom is 0.317 e. The highest BCUT2D eigenvalue weighted by Crippen LogP contribution is 2.28. The fourth-order valence-electron chi connectivity index (χ4n) is 2.41. The molecular formula is C14H27N3O2. The van der Waals surface area contributed by atoms with Gasteiger partial charge in [-0.25, -0.2) is 4.79 Å². The van der Waals surface area contributed by atoms with Gasteiger partial charge in [0.1, 0.15) is 0 Å². The van der Waals surface area contributed by atoms with Crippen LogP contribution >= 0.6 is 0 Å². The highest BCUT2D eigenvalue weighted by Gasteiger charge is 2.22. The molecule has 2 rings (SSSR count). The van der Waals surface area contributed by atoms with Crippen LogP contribution < -0.4 is 5.32 Å². The average molecular weight is 269 g/mol. The molecular weight excluding hydrogens is 242 g/mol. The summed E-state index contributed by atoms with van der Waals surface area (Å²) in [4.78, 5) is 16.0. The minimum atomic E-state index is 0.0234. The van der Waals surface area contributed by atoms with Gasteiger partial charge in [0.25, 0.3) is 0 Å². The second-order valence-corrected chi connectivity index (χ2v) is 5.99. The lowest BCUT2D eigenvalue weighted by Crippen LogP contribution is -2.50. The minimum absolute atomic E-state index is 0.0234. The number of likely N-dealkylation sites (N-methyl/N-ethyl adjacent to an activating group) is 2. The Morgan fingerprint density at radius 3 is 2.89 bits per heavy atom. The molecule has 1 saturated heterocycles. The Bertz CT molecular complexity index is 294. The predicted molar refractivity (Wildman–Crippen MR) is 75.2 cm³/mol. The zero-order valence-corrected chi connectivity index (χ0v) is 12.2. The molecule has 110 valence electrons. The Hall–Kier alpha value is -0.810. The van der Waals surface area contributed by atoms with Gasteiger partial charge in [-0.1, -0.05) is 0 Å². The Balaban J connectivity index is 1.57. The largest absolute Gasteiger partial charge is 0.379 e. The van der Waals surface area contributed by atoms with E-state index in [4.69, 9.17) is 4.74 Å². The number of carbonyl (C=O) groups excluding carboxylic acids is 1. The molecule has 0 bridgehead atoms. The number of amides is 2. The highest BCUT2D eigenvalue weighted by molar-refractivity contribution is 5.74. The summed E-state index contributed by atoms with van der Waals surface area (Å²) in [6.07, 6.45) is 4.87. The van der Waals surface area contributed by atoms with Crippen molar-refractivity contribution in [3.8, 4) is 0 Å². The van der Waals surface area contributed by atoms with Gasteiger partial charge in [0, 0.05) is 32.8 Å². The van der Waals surface area contributed by atoms with Gasteiger partial charge >= 0.3 is 6.03 Å². The van der Waals surface area contributed by atoms with Crippen LogP contribution in [-0.4, -0.2) is 68.8 Å². The average Bonchev–Trinajstić information content (AvgIpc) is 3.18. The van der Waals surface area contributed by atoms with E-state index < -0.39 is 0 Å². The smallest absolute Gasteiger partial charge is 0.317 e. The van der Waals surface area contributed by atoms with Gasteiger partial charge in [-0.05, 0) is 45.2 Å². The summed E-state index contributed by atoms with van der Waals surface area (Å²) in [7, 11) is 3.94. The first-order valence-corrected chi connectivity index (χ1v) is 7.43. The molecule has 2 aliphatic rings. The van der Waals surface area contributed by atoms with Gasteiger partial charge in [0.2, 0.25) is 0 Å². The number of likely N-dealkylation sites (tertiary alicyclic amines) is 1. The third-order valence-electron chi connectivity index (χ3n) is 3.92. The van der Waals surface area contributed by atoms with E-state index in [1.165, 1.54) is 12.8 Å². The fourth-order valence-corrected chi connectivity index (χ4v) is 2.41. The number of urea groups is 1. The first-order chi connectivity index (χ1) is 9.15. The SMILES string of the molecule is CN1CCCC(NC(=O)N(C)CCOCC2CC2)C1. The molecule has 5 heteroatoms. The second-order valence-electron chi connectivity index (χ2n) is 5.99. The van der Waals surface area contributed by atoms with Crippen molar-refractivity contribution in [3.05, 3.63) is 0 Å². The standard InChI is InChI=1S/C14H27N3O2/c1-16-7-3-4-13(10-16)15-14(18)17(2)8-9-19-11-12-5-6-12/h12-13H,3-11H2,1-2H3,(H,15,18). The van der Waals surface area contributed by atoms with Crippen molar-refractivity contribution in [1.29, 1.82) is 0 Å². The zero-order chi connectivity index (χ0) is 13.7. The van der Waals surface area contributed by atoms with E-state index in [0.29, 0.717) is 19.2 Å². The van der Waals surface area contributed by atoms with E-state index in [1.807, 2.05) is 7.05 Å². The van der Waals surface area contributed by atoms with E-state index in [1.54, 1.807) is 4.90 Å². The van der Waals surface area contributed by atoms with Gasteiger partial charge in [-0.15, -0.1) is 0 Å². The molecule has 1 saturated carbocycles.